The van der Waals surface area contributed by atoms with Gasteiger partial charge in [0.25, 0.3) is 0 Å². The first-order valence-electron chi connectivity index (χ1n) is 11.4. The molecule has 4 unspecified atom stereocenters. The van der Waals surface area contributed by atoms with E-state index in [4.69, 9.17) is 0 Å². The molecule has 0 amide bonds. The van der Waals surface area contributed by atoms with E-state index in [-0.39, 0.29) is 0 Å². The number of benzene rings is 1. The van der Waals surface area contributed by atoms with E-state index in [0.29, 0.717) is 11.8 Å². The summed E-state index contributed by atoms with van der Waals surface area (Å²) in [5.74, 6) is 2.87. The van der Waals surface area contributed by atoms with Crippen molar-refractivity contribution in [3.05, 3.63) is 53.1 Å². The van der Waals surface area contributed by atoms with Gasteiger partial charge in [0.05, 0.1) is 0 Å². The van der Waals surface area contributed by atoms with Crippen LogP contribution in [-0.2, 0) is 0 Å². The van der Waals surface area contributed by atoms with E-state index in [2.05, 4.69) is 92.4 Å². The zero-order valence-corrected chi connectivity index (χ0v) is 20.1. The van der Waals surface area contributed by atoms with Crippen molar-refractivity contribution in [2.45, 2.75) is 52.8 Å². The first kappa shape index (κ1) is 21.0. The molecule has 1 heterocycles. The number of rotatable bonds is 4. The third-order valence-electron chi connectivity index (χ3n) is 7.77. The van der Waals surface area contributed by atoms with Crippen molar-refractivity contribution >= 4 is 13.8 Å². The standard InChI is InChI=1S/C25H39N3Si/c1-17(2)23-13-24-21(20-11-18(3)10-19(4)12-20)8-7-9-22(24)25(23)29(5,6)28-15-26-14-27-16-28/h7-12,17,22-27H,13-16H2,1-6H3. The van der Waals surface area contributed by atoms with Crippen LogP contribution in [0.2, 0.25) is 18.6 Å². The van der Waals surface area contributed by atoms with Gasteiger partial charge in [0, 0.05) is 20.0 Å². The van der Waals surface area contributed by atoms with Crippen LogP contribution in [0, 0.1) is 37.5 Å². The lowest BCUT2D eigenvalue weighted by molar-refractivity contribution is 0.272. The minimum Gasteiger partial charge on any atom is -0.299 e. The van der Waals surface area contributed by atoms with Crippen LogP contribution in [0.15, 0.2) is 36.4 Å². The second-order valence-corrected chi connectivity index (χ2v) is 15.0. The van der Waals surface area contributed by atoms with Gasteiger partial charge in [-0.05, 0) is 60.6 Å². The van der Waals surface area contributed by atoms with Crippen molar-refractivity contribution in [3.63, 3.8) is 0 Å². The Morgan fingerprint density at radius 3 is 2.31 bits per heavy atom. The molecule has 2 aliphatic carbocycles. The molecule has 4 rings (SSSR count). The summed E-state index contributed by atoms with van der Waals surface area (Å²) in [6.07, 6.45) is 8.67. The molecule has 1 aromatic carbocycles. The van der Waals surface area contributed by atoms with Crippen LogP contribution >= 0.6 is 0 Å². The summed E-state index contributed by atoms with van der Waals surface area (Å²) in [4.78, 5) is 0. The molecule has 0 radical (unpaired) electrons. The lowest BCUT2D eigenvalue weighted by Gasteiger charge is -2.48. The zero-order valence-electron chi connectivity index (χ0n) is 19.1. The lowest BCUT2D eigenvalue weighted by Crippen LogP contribution is -2.63. The second kappa shape index (κ2) is 8.14. The summed E-state index contributed by atoms with van der Waals surface area (Å²) >= 11 is 0. The van der Waals surface area contributed by atoms with Crippen LogP contribution in [0.25, 0.3) is 5.57 Å². The Bertz CT molecular complexity index is 784. The van der Waals surface area contributed by atoms with Gasteiger partial charge in [0.15, 0.2) is 0 Å². The van der Waals surface area contributed by atoms with Gasteiger partial charge in [-0.15, -0.1) is 0 Å². The third-order valence-corrected chi connectivity index (χ3v) is 12.2. The molecule has 1 aliphatic heterocycles. The topological polar surface area (TPSA) is 27.3 Å². The minimum absolute atomic E-state index is 0.663. The highest BCUT2D eigenvalue weighted by Gasteiger charge is 2.54. The van der Waals surface area contributed by atoms with E-state index in [1.807, 2.05) is 0 Å². The number of fused-ring (bicyclic) bond motifs is 1. The van der Waals surface area contributed by atoms with E-state index in [1.165, 1.54) is 23.1 Å². The van der Waals surface area contributed by atoms with Crippen LogP contribution in [0.3, 0.4) is 0 Å². The van der Waals surface area contributed by atoms with Crippen LogP contribution in [0.5, 0.6) is 0 Å². The maximum Gasteiger partial charge on any atom is 0.129 e. The fourth-order valence-corrected chi connectivity index (χ4v) is 10.7. The summed E-state index contributed by atoms with van der Waals surface area (Å²) in [6, 6.07) is 7.09. The average molecular weight is 410 g/mol. The van der Waals surface area contributed by atoms with E-state index >= 15 is 0 Å². The van der Waals surface area contributed by atoms with Gasteiger partial charge >= 0.3 is 0 Å². The summed E-state index contributed by atoms with van der Waals surface area (Å²) in [5.41, 5.74) is 6.58. The molecule has 158 valence electrons. The average Bonchev–Trinajstić information content (AvgIpc) is 3.08. The van der Waals surface area contributed by atoms with Gasteiger partial charge in [-0.2, -0.15) is 0 Å². The maximum absolute atomic E-state index is 3.55. The first-order valence-corrected chi connectivity index (χ1v) is 14.4. The highest BCUT2D eigenvalue weighted by atomic mass is 28.3. The maximum atomic E-state index is 3.55. The highest BCUT2D eigenvalue weighted by molar-refractivity contribution is 6.76. The largest absolute Gasteiger partial charge is 0.299 e. The van der Waals surface area contributed by atoms with E-state index in [1.54, 1.807) is 5.57 Å². The SMILES string of the molecule is Cc1cc(C)cc(C2=CC=CC3C2CC(C(C)C)C3[Si](C)(C)N2CNCNC2)c1. The summed E-state index contributed by atoms with van der Waals surface area (Å²) < 4.78 is 2.75. The Labute approximate surface area is 178 Å². The number of allylic oxidation sites excluding steroid dienone is 4. The molecule has 1 saturated heterocycles. The quantitative estimate of drug-likeness (QED) is 0.677. The second-order valence-electron chi connectivity index (χ2n) is 10.4. The molecule has 0 spiro atoms. The molecule has 29 heavy (non-hydrogen) atoms. The minimum atomic E-state index is -1.63. The summed E-state index contributed by atoms with van der Waals surface area (Å²) in [5, 5.41) is 7.10. The fraction of sp³-hybridized carbons (Fsp3) is 0.600. The van der Waals surface area contributed by atoms with Crippen molar-refractivity contribution in [3.8, 4) is 0 Å². The van der Waals surface area contributed by atoms with Gasteiger partial charge in [0.2, 0.25) is 0 Å². The zero-order chi connectivity index (χ0) is 20.8. The predicted molar refractivity (Wildman–Crippen MR) is 127 cm³/mol. The van der Waals surface area contributed by atoms with Gasteiger partial charge in [-0.1, -0.05) is 74.5 Å². The van der Waals surface area contributed by atoms with Crippen molar-refractivity contribution in [2.24, 2.45) is 23.7 Å². The Hall–Kier alpha value is -1.20. The Kier molecular flexibility index (Phi) is 5.91. The molecular formula is C25H39N3Si. The lowest BCUT2D eigenvalue weighted by atomic mass is 9.80. The van der Waals surface area contributed by atoms with Crippen molar-refractivity contribution in [2.75, 3.05) is 20.0 Å². The smallest absolute Gasteiger partial charge is 0.129 e. The van der Waals surface area contributed by atoms with Crippen LogP contribution < -0.4 is 10.6 Å². The molecule has 4 heteroatoms. The third kappa shape index (κ3) is 3.92. The number of hydrogen-bond acceptors (Lipinski definition) is 3. The van der Waals surface area contributed by atoms with Gasteiger partial charge < -0.3 is 0 Å². The molecule has 0 aromatic heterocycles. The highest BCUT2D eigenvalue weighted by Crippen LogP contribution is 2.59. The van der Waals surface area contributed by atoms with Crippen molar-refractivity contribution < 1.29 is 0 Å². The summed E-state index contributed by atoms with van der Waals surface area (Å²) in [7, 11) is -1.63. The number of hydrogen-bond donors (Lipinski definition) is 2. The number of nitrogens with one attached hydrogen (secondary N) is 2. The van der Waals surface area contributed by atoms with Crippen LogP contribution in [0.4, 0.5) is 0 Å². The van der Waals surface area contributed by atoms with E-state index < -0.39 is 8.24 Å². The summed E-state index contributed by atoms with van der Waals surface area (Å²) in [6.45, 7) is 17.6. The van der Waals surface area contributed by atoms with Crippen molar-refractivity contribution in [1.29, 1.82) is 0 Å². The molecule has 3 nitrogen and oxygen atoms in total. The monoisotopic (exact) mass is 409 g/mol. The molecule has 2 fully saturated rings. The van der Waals surface area contributed by atoms with E-state index in [0.717, 1.165) is 37.4 Å². The fourth-order valence-electron chi connectivity index (χ4n) is 6.41. The number of nitrogens with zero attached hydrogens (tertiary/aromatic N) is 1. The van der Waals surface area contributed by atoms with Crippen LogP contribution in [-0.4, -0.2) is 32.8 Å². The number of aryl methyl sites for hydroxylation is 2. The molecule has 4 atom stereocenters. The normalized spacial score (nSPS) is 30.5. The molecular weight excluding hydrogens is 370 g/mol. The van der Waals surface area contributed by atoms with Gasteiger partial charge in [-0.25, -0.2) is 0 Å². The molecule has 0 bridgehead atoms. The predicted octanol–water partition coefficient (Wildman–Crippen LogP) is 5.11. The Morgan fingerprint density at radius 1 is 1.03 bits per heavy atom. The molecule has 2 N–H and O–H groups in total. The molecule has 3 aliphatic rings. The molecule has 1 saturated carbocycles. The van der Waals surface area contributed by atoms with Gasteiger partial charge in [0.1, 0.15) is 8.24 Å². The first-order chi connectivity index (χ1) is 13.8. The van der Waals surface area contributed by atoms with Gasteiger partial charge in [-0.3, -0.25) is 15.2 Å². The Morgan fingerprint density at radius 2 is 1.69 bits per heavy atom. The molecule has 1 aromatic rings. The van der Waals surface area contributed by atoms with E-state index in [9.17, 15) is 0 Å². The van der Waals surface area contributed by atoms with Crippen molar-refractivity contribution in [1.82, 2.24) is 15.2 Å². The van der Waals surface area contributed by atoms with Crippen LogP contribution in [0.1, 0.15) is 37.0 Å². The Balaban J connectivity index is 1.70.